The molecular formula is C13H12ClFN2. The molecule has 17 heavy (non-hydrogen) atoms. The second-order valence-electron chi connectivity index (χ2n) is 3.68. The predicted octanol–water partition coefficient (Wildman–Crippen LogP) is 3.18. The van der Waals surface area contributed by atoms with E-state index in [0.29, 0.717) is 5.02 Å². The summed E-state index contributed by atoms with van der Waals surface area (Å²) in [6.07, 6.45) is 1.58. The van der Waals surface area contributed by atoms with Crippen LogP contribution in [0.15, 0.2) is 42.6 Å². The van der Waals surface area contributed by atoms with Crippen LogP contribution in [-0.2, 0) is 0 Å². The Kier molecular flexibility index (Phi) is 3.71. The minimum atomic E-state index is -0.253. The Bertz CT molecular complexity index is 499. The van der Waals surface area contributed by atoms with Crippen LogP contribution in [0.1, 0.15) is 17.3 Å². The molecule has 4 heteroatoms. The number of halogens is 2. The van der Waals surface area contributed by atoms with E-state index in [0.717, 1.165) is 11.3 Å². The standard InChI is InChI=1S/C13H12ClFN2/c1-16-13(9-3-2-4-11(15)7-9)12-6-5-10(14)8-17-12/h2-8,13,16H,1H3. The van der Waals surface area contributed by atoms with Gasteiger partial charge in [-0.25, -0.2) is 4.39 Å². The minimum absolute atomic E-state index is 0.136. The van der Waals surface area contributed by atoms with Gasteiger partial charge in [-0.15, -0.1) is 0 Å². The molecule has 0 spiro atoms. The lowest BCUT2D eigenvalue weighted by Crippen LogP contribution is -2.18. The van der Waals surface area contributed by atoms with Crippen LogP contribution in [0.25, 0.3) is 0 Å². The summed E-state index contributed by atoms with van der Waals surface area (Å²) in [5.74, 6) is -0.253. The maximum Gasteiger partial charge on any atom is 0.123 e. The number of pyridine rings is 1. The Labute approximate surface area is 104 Å². The van der Waals surface area contributed by atoms with Crippen molar-refractivity contribution in [2.24, 2.45) is 0 Å². The highest BCUT2D eigenvalue weighted by Gasteiger charge is 2.13. The molecule has 1 atom stereocenters. The van der Waals surface area contributed by atoms with Gasteiger partial charge in [-0.2, -0.15) is 0 Å². The monoisotopic (exact) mass is 250 g/mol. The van der Waals surface area contributed by atoms with Gasteiger partial charge in [0.15, 0.2) is 0 Å². The van der Waals surface area contributed by atoms with Gasteiger partial charge >= 0.3 is 0 Å². The predicted molar refractivity (Wildman–Crippen MR) is 66.5 cm³/mol. The van der Waals surface area contributed by atoms with Crippen molar-refractivity contribution in [3.63, 3.8) is 0 Å². The molecule has 1 N–H and O–H groups in total. The zero-order chi connectivity index (χ0) is 12.3. The van der Waals surface area contributed by atoms with Crippen molar-refractivity contribution >= 4 is 11.6 Å². The Balaban J connectivity index is 2.36. The largest absolute Gasteiger partial charge is 0.308 e. The van der Waals surface area contributed by atoms with Gasteiger partial charge in [0.1, 0.15) is 5.82 Å². The number of hydrogen-bond acceptors (Lipinski definition) is 2. The maximum atomic E-state index is 13.2. The van der Waals surface area contributed by atoms with Gasteiger partial charge in [0.05, 0.1) is 16.8 Å². The van der Waals surface area contributed by atoms with E-state index in [-0.39, 0.29) is 11.9 Å². The first-order valence-corrected chi connectivity index (χ1v) is 5.62. The van der Waals surface area contributed by atoms with E-state index in [2.05, 4.69) is 10.3 Å². The van der Waals surface area contributed by atoms with Crippen LogP contribution in [0.2, 0.25) is 5.02 Å². The van der Waals surface area contributed by atoms with Crippen LogP contribution in [-0.4, -0.2) is 12.0 Å². The molecule has 0 saturated carbocycles. The average molecular weight is 251 g/mol. The summed E-state index contributed by atoms with van der Waals surface area (Å²) in [4.78, 5) is 4.24. The fourth-order valence-corrected chi connectivity index (χ4v) is 1.84. The zero-order valence-corrected chi connectivity index (χ0v) is 10.1. The molecule has 2 rings (SSSR count). The SMILES string of the molecule is CNC(c1cccc(F)c1)c1ccc(Cl)cn1. The van der Waals surface area contributed by atoms with Gasteiger partial charge in [0.2, 0.25) is 0 Å². The lowest BCUT2D eigenvalue weighted by molar-refractivity contribution is 0.614. The van der Waals surface area contributed by atoms with E-state index < -0.39 is 0 Å². The van der Waals surface area contributed by atoms with Gasteiger partial charge in [0, 0.05) is 6.20 Å². The number of hydrogen-bond donors (Lipinski definition) is 1. The highest BCUT2D eigenvalue weighted by Crippen LogP contribution is 2.21. The fourth-order valence-electron chi connectivity index (χ4n) is 1.73. The van der Waals surface area contributed by atoms with Crippen molar-refractivity contribution in [1.82, 2.24) is 10.3 Å². The lowest BCUT2D eigenvalue weighted by Gasteiger charge is -2.16. The molecule has 1 heterocycles. The molecule has 0 amide bonds. The molecule has 1 aromatic heterocycles. The number of rotatable bonds is 3. The quantitative estimate of drug-likeness (QED) is 0.905. The molecule has 88 valence electrons. The molecule has 0 bridgehead atoms. The highest BCUT2D eigenvalue weighted by atomic mass is 35.5. The van der Waals surface area contributed by atoms with Crippen molar-refractivity contribution in [3.8, 4) is 0 Å². The van der Waals surface area contributed by atoms with Gasteiger partial charge < -0.3 is 5.32 Å². The first-order chi connectivity index (χ1) is 8.20. The lowest BCUT2D eigenvalue weighted by atomic mass is 10.0. The number of benzene rings is 1. The molecule has 0 radical (unpaired) electrons. The van der Waals surface area contributed by atoms with Crippen LogP contribution >= 0.6 is 11.6 Å². The molecule has 1 unspecified atom stereocenters. The topological polar surface area (TPSA) is 24.9 Å². The van der Waals surface area contributed by atoms with E-state index in [1.165, 1.54) is 12.1 Å². The van der Waals surface area contributed by atoms with Crippen molar-refractivity contribution in [2.45, 2.75) is 6.04 Å². The molecule has 0 fully saturated rings. The fraction of sp³-hybridized carbons (Fsp3) is 0.154. The summed E-state index contributed by atoms with van der Waals surface area (Å²) in [5, 5.41) is 3.70. The molecule has 2 nitrogen and oxygen atoms in total. The van der Waals surface area contributed by atoms with Crippen molar-refractivity contribution in [3.05, 3.63) is 64.7 Å². The summed E-state index contributed by atoms with van der Waals surface area (Å²) < 4.78 is 13.2. The summed E-state index contributed by atoms with van der Waals surface area (Å²) in [7, 11) is 1.81. The van der Waals surface area contributed by atoms with Crippen LogP contribution < -0.4 is 5.32 Å². The van der Waals surface area contributed by atoms with Crippen LogP contribution in [0.5, 0.6) is 0 Å². The molecule has 1 aromatic carbocycles. The van der Waals surface area contributed by atoms with E-state index in [1.54, 1.807) is 18.3 Å². The number of nitrogens with zero attached hydrogens (tertiary/aromatic N) is 1. The van der Waals surface area contributed by atoms with E-state index >= 15 is 0 Å². The number of aromatic nitrogens is 1. The summed E-state index contributed by atoms with van der Waals surface area (Å²) >= 11 is 5.79. The van der Waals surface area contributed by atoms with Gasteiger partial charge in [0.25, 0.3) is 0 Å². The molecule has 0 aliphatic carbocycles. The third-order valence-electron chi connectivity index (χ3n) is 2.52. The Morgan fingerprint density at radius 2 is 2.12 bits per heavy atom. The molecular weight excluding hydrogens is 239 g/mol. The van der Waals surface area contributed by atoms with E-state index in [1.807, 2.05) is 19.2 Å². The van der Waals surface area contributed by atoms with Crippen molar-refractivity contribution < 1.29 is 4.39 Å². The Morgan fingerprint density at radius 3 is 2.71 bits per heavy atom. The first-order valence-electron chi connectivity index (χ1n) is 5.25. The highest BCUT2D eigenvalue weighted by molar-refractivity contribution is 6.30. The van der Waals surface area contributed by atoms with E-state index in [4.69, 9.17) is 11.6 Å². The summed E-state index contributed by atoms with van der Waals surface area (Å²) in [6, 6.07) is 9.93. The normalized spacial score (nSPS) is 12.4. The van der Waals surface area contributed by atoms with Gasteiger partial charge in [-0.1, -0.05) is 23.7 Å². The van der Waals surface area contributed by atoms with Gasteiger partial charge in [-0.3, -0.25) is 4.98 Å². The Hall–Kier alpha value is -1.45. The first kappa shape index (κ1) is 12.0. The second-order valence-corrected chi connectivity index (χ2v) is 4.11. The maximum absolute atomic E-state index is 13.2. The third-order valence-corrected chi connectivity index (χ3v) is 2.74. The minimum Gasteiger partial charge on any atom is -0.308 e. The zero-order valence-electron chi connectivity index (χ0n) is 9.32. The molecule has 0 saturated heterocycles. The van der Waals surface area contributed by atoms with Crippen molar-refractivity contribution in [2.75, 3.05) is 7.05 Å². The van der Waals surface area contributed by atoms with E-state index in [9.17, 15) is 4.39 Å². The smallest absolute Gasteiger partial charge is 0.123 e. The number of nitrogens with one attached hydrogen (secondary N) is 1. The average Bonchev–Trinajstić information content (AvgIpc) is 2.33. The summed E-state index contributed by atoms with van der Waals surface area (Å²) in [6.45, 7) is 0. The summed E-state index contributed by atoms with van der Waals surface area (Å²) in [5.41, 5.74) is 1.64. The second kappa shape index (κ2) is 5.25. The van der Waals surface area contributed by atoms with Crippen LogP contribution in [0, 0.1) is 5.82 Å². The van der Waals surface area contributed by atoms with Gasteiger partial charge in [-0.05, 0) is 36.9 Å². The van der Waals surface area contributed by atoms with Crippen LogP contribution in [0.4, 0.5) is 4.39 Å². The van der Waals surface area contributed by atoms with Crippen LogP contribution in [0.3, 0.4) is 0 Å². The third kappa shape index (κ3) is 2.81. The molecule has 0 aliphatic heterocycles. The molecule has 2 aromatic rings. The molecule has 0 aliphatic rings. The van der Waals surface area contributed by atoms with Crippen molar-refractivity contribution in [1.29, 1.82) is 0 Å². The Morgan fingerprint density at radius 1 is 1.29 bits per heavy atom.